The Morgan fingerprint density at radius 2 is 0.429 bits per heavy atom. The smallest absolute Gasteiger partial charge is 0.129 e. The lowest BCUT2D eigenvalue weighted by Gasteiger charge is -2.42. The third kappa shape index (κ3) is 12.9. The standard InChI is InChI=1S/C23H20.C21H21N.C21H18.C9H12.C6H9N3/c1-13-4-7-16-19(10-13)23-20-11-14(2)5-8-17(20)22(16)18-9-6-15(3)12-21(18)23;1-16-4-10-19(11-5-16)22(20-12-6-17(2)7-13-20)21-14-8-18(3)9-15-21;1-13-4-7-16-19(10-13)17-8-5-14(2)12-21(17)18-9-6-15(3)11-20(16)18;1-7-4-8(2)6-9(3)5-7;1-4-7-5(2)9-6(3)8-4/h4-12,22-23H,1-3H3;4-15H,1-3H3;4-12H,1-3H3;4-6H,1-3H3;1-3H3. The van der Waals surface area contributed by atoms with E-state index in [-0.39, 0.29) is 0 Å². The Labute approximate surface area is 500 Å². The summed E-state index contributed by atoms with van der Waals surface area (Å²) in [6.45, 7) is 31.4. The maximum Gasteiger partial charge on any atom is 0.129 e. The molecule has 12 aromatic rings. The Morgan fingerprint density at radius 1 is 0.202 bits per heavy atom. The molecule has 1 aromatic heterocycles. The van der Waals surface area contributed by atoms with Gasteiger partial charge in [0.05, 0.1) is 0 Å². The van der Waals surface area contributed by atoms with E-state index in [1.165, 1.54) is 150 Å². The van der Waals surface area contributed by atoms with Crippen molar-refractivity contribution in [2.45, 2.75) is 116 Å². The first-order valence-corrected chi connectivity index (χ1v) is 29.6. The van der Waals surface area contributed by atoms with Gasteiger partial charge >= 0.3 is 0 Å². The van der Waals surface area contributed by atoms with Crippen LogP contribution in [0.5, 0.6) is 0 Å². The van der Waals surface area contributed by atoms with Gasteiger partial charge in [-0.1, -0.05) is 231 Å². The molecule has 0 saturated heterocycles. The van der Waals surface area contributed by atoms with Crippen molar-refractivity contribution < 1.29 is 0 Å². The number of anilines is 3. The van der Waals surface area contributed by atoms with E-state index in [2.05, 4.69) is 303 Å². The molecular formula is C80H80N4. The summed E-state index contributed by atoms with van der Waals surface area (Å²) in [6, 6.07) is 74.0. The van der Waals surface area contributed by atoms with Crippen molar-refractivity contribution in [3.63, 3.8) is 0 Å². The summed E-state index contributed by atoms with van der Waals surface area (Å²) >= 11 is 0. The van der Waals surface area contributed by atoms with Gasteiger partial charge < -0.3 is 4.90 Å². The molecule has 0 radical (unpaired) electrons. The van der Waals surface area contributed by atoms with Gasteiger partial charge in [0.25, 0.3) is 0 Å². The van der Waals surface area contributed by atoms with E-state index in [1.54, 1.807) is 0 Å². The molecule has 1 heterocycles. The molecule has 0 amide bonds. The van der Waals surface area contributed by atoms with Crippen LogP contribution in [0.3, 0.4) is 0 Å². The number of aromatic nitrogens is 3. The van der Waals surface area contributed by atoms with Crippen molar-refractivity contribution in [3.8, 4) is 0 Å². The van der Waals surface area contributed by atoms with Gasteiger partial charge in [0.1, 0.15) is 17.5 Å². The van der Waals surface area contributed by atoms with Gasteiger partial charge in [0, 0.05) is 28.9 Å². The van der Waals surface area contributed by atoms with Gasteiger partial charge in [0.15, 0.2) is 0 Å². The molecule has 2 bridgehead atoms. The number of aryl methyl sites for hydroxylation is 15. The molecule has 3 aliphatic carbocycles. The molecular weight excluding hydrogens is 1020 g/mol. The fourth-order valence-electron chi connectivity index (χ4n) is 12.5. The molecule has 4 nitrogen and oxygen atoms in total. The van der Waals surface area contributed by atoms with Crippen LogP contribution in [0.25, 0.3) is 32.3 Å². The van der Waals surface area contributed by atoms with Crippen molar-refractivity contribution >= 4 is 49.4 Å². The summed E-state index contributed by atoms with van der Waals surface area (Å²) in [5, 5.41) is 8.16. The second-order valence-corrected chi connectivity index (χ2v) is 23.9. The normalized spacial score (nSPS) is 13.2. The predicted octanol–water partition coefficient (Wildman–Crippen LogP) is 21.2. The maximum atomic E-state index is 4.01. The molecule has 3 aliphatic rings. The summed E-state index contributed by atoms with van der Waals surface area (Å²) < 4.78 is 0. The highest BCUT2D eigenvalue weighted by molar-refractivity contribution is 6.25. The first-order chi connectivity index (χ1) is 40.3. The van der Waals surface area contributed by atoms with Crippen LogP contribution < -0.4 is 4.90 Å². The monoisotopic (exact) mass is 1100 g/mol. The van der Waals surface area contributed by atoms with Crippen LogP contribution in [0, 0.1) is 104 Å². The quantitative estimate of drug-likeness (QED) is 0.165. The van der Waals surface area contributed by atoms with Crippen LogP contribution in [-0.4, -0.2) is 15.0 Å². The maximum absolute atomic E-state index is 4.01. The van der Waals surface area contributed by atoms with Crippen molar-refractivity contribution in [3.05, 3.63) is 318 Å². The molecule has 0 unspecified atom stereocenters. The van der Waals surface area contributed by atoms with E-state index in [0.29, 0.717) is 11.8 Å². The molecule has 420 valence electrons. The van der Waals surface area contributed by atoms with Gasteiger partial charge in [-0.15, -0.1) is 0 Å². The fraction of sp³-hybridized carbons (Fsp3) is 0.212. The first kappa shape index (κ1) is 58.2. The van der Waals surface area contributed by atoms with Crippen LogP contribution in [0.2, 0.25) is 0 Å². The topological polar surface area (TPSA) is 41.9 Å². The summed E-state index contributed by atoms with van der Waals surface area (Å²) in [7, 11) is 0. The first-order valence-electron chi connectivity index (χ1n) is 29.6. The number of hydrogen-bond acceptors (Lipinski definition) is 4. The number of nitrogens with zero attached hydrogens (tertiary/aromatic N) is 4. The Bertz CT molecular complexity index is 3810. The molecule has 0 N–H and O–H groups in total. The Balaban J connectivity index is 0.000000123. The minimum Gasteiger partial charge on any atom is -0.311 e. The summed E-state index contributed by atoms with van der Waals surface area (Å²) in [5.41, 5.74) is 28.5. The van der Waals surface area contributed by atoms with E-state index in [1.807, 2.05) is 20.8 Å². The minimum absolute atomic E-state index is 0.402. The Kier molecular flexibility index (Phi) is 17.2. The zero-order valence-electron chi connectivity index (χ0n) is 52.0. The molecule has 0 atom stereocenters. The van der Waals surface area contributed by atoms with Crippen LogP contribution in [0.1, 0.15) is 129 Å². The number of fused-ring (bicyclic) bond motifs is 6. The average Bonchev–Trinajstić information content (AvgIpc) is 0.987. The van der Waals surface area contributed by atoms with E-state index < -0.39 is 0 Å². The average molecular weight is 1100 g/mol. The highest BCUT2D eigenvalue weighted by atomic mass is 15.1. The number of benzene rings is 11. The fourth-order valence-corrected chi connectivity index (χ4v) is 12.5. The predicted molar refractivity (Wildman–Crippen MR) is 359 cm³/mol. The summed E-state index contributed by atoms with van der Waals surface area (Å²) in [4.78, 5) is 14.3. The van der Waals surface area contributed by atoms with Crippen molar-refractivity contribution in [2.75, 3.05) is 4.90 Å². The molecule has 84 heavy (non-hydrogen) atoms. The number of hydrogen-bond donors (Lipinski definition) is 0. The molecule has 0 aliphatic heterocycles. The zero-order chi connectivity index (χ0) is 59.5. The molecule has 0 fully saturated rings. The second kappa shape index (κ2) is 24.8. The van der Waals surface area contributed by atoms with Crippen molar-refractivity contribution in [2.24, 2.45) is 0 Å². The third-order valence-electron chi connectivity index (χ3n) is 16.2. The second-order valence-electron chi connectivity index (χ2n) is 23.9. The molecule has 15 rings (SSSR count). The lowest BCUT2D eigenvalue weighted by atomic mass is 9.60. The zero-order valence-corrected chi connectivity index (χ0v) is 52.0. The Morgan fingerprint density at radius 3 is 0.702 bits per heavy atom. The highest BCUT2D eigenvalue weighted by Gasteiger charge is 2.41. The van der Waals surface area contributed by atoms with Crippen molar-refractivity contribution in [1.82, 2.24) is 15.0 Å². The van der Waals surface area contributed by atoms with E-state index >= 15 is 0 Å². The Hall–Kier alpha value is -8.99. The van der Waals surface area contributed by atoms with Gasteiger partial charge in [-0.3, -0.25) is 0 Å². The van der Waals surface area contributed by atoms with Crippen LogP contribution in [0.4, 0.5) is 17.1 Å². The van der Waals surface area contributed by atoms with Gasteiger partial charge in [0.2, 0.25) is 0 Å². The van der Waals surface area contributed by atoms with E-state index in [9.17, 15) is 0 Å². The lowest BCUT2D eigenvalue weighted by molar-refractivity contribution is 0.751. The summed E-state index contributed by atoms with van der Waals surface area (Å²) in [5.74, 6) is 3.18. The van der Waals surface area contributed by atoms with E-state index in [4.69, 9.17) is 0 Å². The molecule has 4 heteroatoms. The molecule has 0 spiro atoms. The summed E-state index contributed by atoms with van der Waals surface area (Å²) in [6.07, 6.45) is 0. The van der Waals surface area contributed by atoms with E-state index in [0.717, 1.165) is 17.5 Å². The van der Waals surface area contributed by atoms with Crippen LogP contribution >= 0.6 is 0 Å². The van der Waals surface area contributed by atoms with Crippen LogP contribution in [-0.2, 0) is 0 Å². The van der Waals surface area contributed by atoms with Crippen LogP contribution in [0.15, 0.2) is 200 Å². The lowest BCUT2D eigenvalue weighted by Crippen LogP contribution is -2.27. The molecule has 11 aromatic carbocycles. The van der Waals surface area contributed by atoms with Crippen molar-refractivity contribution in [1.29, 1.82) is 0 Å². The van der Waals surface area contributed by atoms with Gasteiger partial charge in [-0.2, -0.15) is 0 Å². The number of rotatable bonds is 3. The minimum atomic E-state index is 0.402. The SMILES string of the molecule is Cc1cc(C)cc(C)c1.Cc1ccc(N(c2ccc(C)cc2)c2ccc(C)cc2)cc1.Cc1ccc2c(c1)C1c3cc(C)ccc3C2c2ccc(C)cc21.Cc1ccc2c(c1)c1ccc(C)cc1c1ccc(C)cc21.Cc1nc(C)nc(C)n1. The molecule has 0 saturated carbocycles. The van der Waals surface area contributed by atoms with Gasteiger partial charge in [-0.25, -0.2) is 15.0 Å². The van der Waals surface area contributed by atoms with Gasteiger partial charge in [-0.05, 0) is 206 Å². The third-order valence-corrected chi connectivity index (χ3v) is 16.2. The largest absolute Gasteiger partial charge is 0.311 e. The highest BCUT2D eigenvalue weighted by Crippen LogP contribution is 2.56.